The van der Waals surface area contributed by atoms with Gasteiger partial charge in [0.05, 0.1) is 12.2 Å². The molecule has 0 fully saturated rings. The summed E-state index contributed by atoms with van der Waals surface area (Å²) in [5.41, 5.74) is 1.44. The highest BCUT2D eigenvalue weighted by atomic mass is 32.2. The van der Waals surface area contributed by atoms with Gasteiger partial charge in [-0.05, 0) is 36.6 Å². The molecule has 7 nitrogen and oxygen atoms in total. The fourth-order valence-corrected chi connectivity index (χ4v) is 2.95. The normalized spacial score (nSPS) is 10.5. The Balaban J connectivity index is 1.58. The molecule has 3 rings (SSSR count). The minimum Gasteiger partial charge on any atom is -0.458 e. The fourth-order valence-electron chi connectivity index (χ4n) is 2.40. The van der Waals surface area contributed by atoms with E-state index in [9.17, 15) is 9.59 Å². The highest BCUT2D eigenvalue weighted by molar-refractivity contribution is 7.98. The molecule has 0 spiro atoms. The number of aromatic nitrogens is 2. The molecule has 2 heterocycles. The summed E-state index contributed by atoms with van der Waals surface area (Å²) in [6.07, 6.45) is 3.58. The molecule has 2 N–H and O–H groups in total. The predicted molar refractivity (Wildman–Crippen MR) is 99.6 cm³/mol. The maximum atomic E-state index is 12.1. The zero-order chi connectivity index (χ0) is 18.5. The Hall–Kier alpha value is -3.00. The van der Waals surface area contributed by atoms with Crippen molar-refractivity contribution in [2.45, 2.75) is 11.4 Å². The number of hydrogen-bond acceptors (Lipinski definition) is 5. The van der Waals surface area contributed by atoms with Crippen molar-refractivity contribution in [3.8, 4) is 11.5 Å². The number of rotatable bonds is 5. The van der Waals surface area contributed by atoms with Crippen LogP contribution in [0.3, 0.4) is 0 Å². The van der Waals surface area contributed by atoms with Crippen LogP contribution in [0.5, 0.6) is 0 Å². The van der Waals surface area contributed by atoms with Crippen molar-refractivity contribution in [1.82, 2.24) is 15.1 Å². The van der Waals surface area contributed by atoms with Crippen molar-refractivity contribution in [3.63, 3.8) is 0 Å². The van der Waals surface area contributed by atoms with Crippen LogP contribution in [-0.4, -0.2) is 27.9 Å². The van der Waals surface area contributed by atoms with Gasteiger partial charge >= 0.3 is 11.8 Å². The molecule has 0 saturated heterocycles. The molecule has 0 aliphatic heterocycles. The van der Waals surface area contributed by atoms with Crippen LogP contribution in [0.1, 0.15) is 5.76 Å². The molecule has 1 aromatic carbocycles. The molecule has 134 valence electrons. The first-order chi connectivity index (χ1) is 12.6. The highest BCUT2D eigenvalue weighted by Crippen LogP contribution is 2.24. The summed E-state index contributed by atoms with van der Waals surface area (Å²) < 4.78 is 7.38. The number of carbonyl (C=O) groups excluding carboxylic acids is 2. The van der Waals surface area contributed by atoms with E-state index in [1.165, 1.54) is 11.8 Å². The van der Waals surface area contributed by atoms with E-state index in [2.05, 4.69) is 15.7 Å². The van der Waals surface area contributed by atoms with Gasteiger partial charge in [-0.2, -0.15) is 5.10 Å². The summed E-state index contributed by atoms with van der Waals surface area (Å²) in [6.45, 7) is 0.119. The third kappa shape index (κ3) is 3.97. The molecule has 0 bridgehead atoms. The van der Waals surface area contributed by atoms with E-state index >= 15 is 0 Å². The monoisotopic (exact) mass is 370 g/mol. The first kappa shape index (κ1) is 17.8. The standard InChI is InChI=1S/C18H18N4O3S/c1-22-14(9-10-20-22)15-8-7-12(25-15)11-19-17(23)18(24)21-13-5-3-4-6-16(13)26-2/h3-10H,11H2,1-2H3,(H,19,23)(H,21,24). The number of aryl methyl sites for hydroxylation is 1. The summed E-state index contributed by atoms with van der Waals surface area (Å²) in [4.78, 5) is 25.0. The topological polar surface area (TPSA) is 89.2 Å². The number of para-hydroxylation sites is 1. The smallest absolute Gasteiger partial charge is 0.313 e. The Labute approximate surface area is 154 Å². The maximum absolute atomic E-state index is 12.1. The minimum atomic E-state index is -0.723. The van der Waals surface area contributed by atoms with E-state index in [4.69, 9.17) is 4.42 Å². The Morgan fingerprint density at radius 3 is 2.69 bits per heavy atom. The Kier molecular flexibility index (Phi) is 5.43. The molecular weight excluding hydrogens is 352 g/mol. The highest BCUT2D eigenvalue weighted by Gasteiger charge is 2.16. The third-order valence-electron chi connectivity index (χ3n) is 3.72. The molecule has 0 aliphatic rings. The summed E-state index contributed by atoms with van der Waals surface area (Å²) in [5, 5.41) is 9.26. The lowest BCUT2D eigenvalue weighted by Gasteiger charge is -2.09. The molecule has 0 saturated carbocycles. The second-order valence-electron chi connectivity index (χ2n) is 5.44. The Bertz CT molecular complexity index is 932. The number of benzene rings is 1. The number of amides is 2. The average Bonchev–Trinajstić information content (AvgIpc) is 3.28. The van der Waals surface area contributed by atoms with Crippen LogP contribution in [0.15, 0.2) is 58.0 Å². The number of hydrogen-bond donors (Lipinski definition) is 2. The number of anilines is 1. The summed E-state index contributed by atoms with van der Waals surface area (Å²) in [6, 6.07) is 12.7. The number of carbonyl (C=O) groups is 2. The van der Waals surface area contributed by atoms with Crippen molar-refractivity contribution < 1.29 is 14.0 Å². The van der Waals surface area contributed by atoms with E-state index in [-0.39, 0.29) is 6.54 Å². The van der Waals surface area contributed by atoms with E-state index < -0.39 is 11.8 Å². The summed E-state index contributed by atoms with van der Waals surface area (Å²) in [7, 11) is 1.82. The Morgan fingerprint density at radius 1 is 1.15 bits per heavy atom. The van der Waals surface area contributed by atoms with Gasteiger partial charge in [-0.3, -0.25) is 14.3 Å². The molecule has 26 heavy (non-hydrogen) atoms. The lowest BCUT2D eigenvalue weighted by molar-refractivity contribution is -0.136. The summed E-state index contributed by atoms with van der Waals surface area (Å²) in [5.74, 6) is -0.247. The molecule has 2 aromatic heterocycles. The summed E-state index contributed by atoms with van der Waals surface area (Å²) >= 11 is 1.49. The first-order valence-corrected chi connectivity index (χ1v) is 9.10. The second-order valence-corrected chi connectivity index (χ2v) is 6.29. The van der Waals surface area contributed by atoms with E-state index in [0.717, 1.165) is 10.6 Å². The Morgan fingerprint density at radius 2 is 1.96 bits per heavy atom. The molecule has 0 unspecified atom stereocenters. The van der Waals surface area contributed by atoms with Crippen molar-refractivity contribution in [2.75, 3.05) is 11.6 Å². The van der Waals surface area contributed by atoms with Gasteiger partial charge in [-0.1, -0.05) is 12.1 Å². The van der Waals surface area contributed by atoms with Gasteiger partial charge in [0, 0.05) is 18.1 Å². The minimum absolute atomic E-state index is 0.119. The van der Waals surface area contributed by atoms with Gasteiger partial charge < -0.3 is 15.1 Å². The van der Waals surface area contributed by atoms with Crippen molar-refractivity contribution in [2.24, 2.45) is 7.05 Å². The quantitative estimate of drug-likeness (QED) is 0.532. The van der Waals surface area contributed by atoms with Gasteiger partial charge in [-0.25, -0.2) is 0 Å². The van der Waals surface area contributed by atoms with Gasteiger partial charge in [0.25, 0.3) is 0 Å². The van der Waals surface area contributed by atoms with Crippen LogP contribution in [-0.2, 0) is 23.2 Å². The van der Waals surface area contributed by atoms with E-state index in [1.807, 2.05) is 31.5 Å². The molecule has 0 radical (unpaired) electrons. The zero-order valence-electron chi connectivity index (χ0n) is 14.4. The van der Waals surface area contributed by atoms with Crippen LogP contribution in [0, 0.1) is 0 Å². The number of furan rings is 1. The maximum Gasteiger partial charge on any atom is 0.313 e. The van der Waals surface area contributed by atoms with Crippen molar-refractivity contribution in [3.05, 3.63) is 54.4 Å². The molecule has 8 heteroatoms. The molecule has 0 atom stereocenters. The lowest BCUT2D eigenvalue weighted by atomic mass is 10.3. The average molecular weight is 370 g/mol. The van der Waals surface area contributed by atoms with Gasteiger partial charge in [0.1, 0.15) is 11.5 Å². The number of nitrogens with zero attached hydrogens (tertiary/aromatic N) is 2. The van der Waals surface area contributed by atoms with Crippen LogP contribution < -0.4 is 10.6 Å². The van der Waals surface area contributed by atoms with E-state index in [0.29, 0.717) is 17.2 Å². The molecule has 3 aromatic rings. The largest absolute Gasteiger partial charge is 0.458 e. The van der Waals surface area contributed by atoms with Gasteiger partial charge in [0.15, 0.2) is 5.76 Å². The molecule has 2 amide bonds. The zero-order valence-corrected chi connectivity index (χ0v) is 15.2. The first-order valence-electron chi connectivity index (χ1n) is 7.88. The van der Waals surface area contributed by atoms with Gasteiger partial charge in [-0.15, -0.1) is 11.8 Å². The number of nitrogens with one attached hydrogen (secondary N) is 2. The number of thioether (sulfide) groups is 1. The second kappa shape index (κ2) is 7.92. The van der Waals surface area contributed by atoms with E-state index in [1.54, 1.807) is 35.1 Å². The molecular formula is C18H18N4O3S. The van der Waals surface area contributed by atoms with Crippen molar-refractivity contribution in [1.29, 1.82) is 0 Å². The van der Waals surface area contributed by atoms with Crippen LogP contribution in [0.25, 0.3) is 11.5 Å². The predicted octanol–water partition coefficient (Wildman–Crippen LogP) is 2.66. The van der Waals surface area contributed by atoms with Crippen LogP contribution >= 0.6 is 11.8 Å². The fraction of sp³-hybridized carbons (Fsp3) is 0.167. The molecule has 0 aliphatic carbocycles. The van der Waals surface area contributed by atoms with Crippen LogP contribution in [0.2, 0.25) is 0 Å². The lowest BCUT2D eigenvalue weighted by Crippen LogP contribution is -2.35. The SMILES string of the molecule is CSc1ccccc1NC(=O)C(=O)NCc1ccc(-c2ccnn2C)o1. The van der Waals surface area contributed by atoms with Crippen LogP contribution in [0.4, 0.5) is 5.69 Å². The van der Waals surface area contributed by atoms with Crippen molar-refractivity contribution >= 4 is 29.3 Å². The van der Waals surface area contributed by atoms with Gasteiger partial charge in [0.2, 0.25) is 0 Å². The third-order valence-corrected chi connectivity index (χ3v) is 4.52.